The molecule has 0 heterocycles. The second-order valence-electron chi connectivity index (χ2n) is 4.89. The van der Waals surface area contributed by atoms with Crippen molar-refractivity contribution in [2.45, 2.75) is 6.92 Å². The van der Waals surface area contributed by atoms with Crippen LogP contribution in [-0.2, 0) is 4.79 Å². The van der Waals surface area contributed by atoms with Gasteiger partial charge in [0.2, 0.25) is 5.91 Å². The molecule has 0 bridgehead atoms. The summed E-state index contributed by atoms with van der Waals surface area (Å²) in [6.07, 6.45) is 3.04. The molecule has 0 saturated heterocycles. The second kappa shape index (κ2) is 7.45. The minimum atomic E-state index is -0.334. The van der Waals surface area contributed by atoms with Crippen LogP contribution in [0, 0.1) is 12.7 Å². The Hall–Kier alpha value is -2.82. The molecule has 0 aliphatic heterocycles. The Morgan fingerprint density at radius 1 is 1.13 bits per heavy atom. The zero-order valence-electron chi connectivity index (χ0n) is 13.2. The van der Waals surface area contributed by atoms with Gasteiger partial charge in [0.25, 0.3) is 0 Å². The van der Waals surface area contributed by atoms with Gasteiger partial charge in [-0.1, -0.05) is 0 Å². The first kappa shape index (κ1) is 16.5. The van der Waals surface area contributed by atoms with Crippen LogP contribution in [0.25, 0.3) is 6.08 Å². The maximum absolute atomic E-state index is 13.0. The lowest BCUT2D eigenvalue weighted by Gasteiger charge is -2.08. The van der Waals surface area contributed by atoms with Crippen LogP contribution in [0.3, 0.4) is 0 Å². The van der Waals surface area contributed by atoms with E-state index in [0.29, 0.717) is 22.7 Å². The summed E-state index contributed by atoms with van der Waals surface area (Å²) < 4.78 is 23.4. The van der Waals surface area contributed by atoms with Crippen molar-refractivity contribution < 1.29 is 18.7 Å². The van der Waals surface area contributed by atoms with E-state index in [1.165, 1.54) is 24.3 Å². The molecule has 0 spiro atoms. The van der Waals surface area contributed by atoms with E-state index in [1.807, 2.05) is 0 Å². The van der Waals surface area contributed by atoms with Crippen molar-refractivity contribution >= 4 is 17.7 Å². The first-order chi connectivity index (χ1) is 11.0. The highest BCUT2D eigenvalue weighted by Crippen LogP contribution is 2.25. The van der Waals surface area contributed by atoms with Gasteiger partial charge >= 0.3 is 0 Å². The van der Waals surface area contributed by atoms with Crippen molar-refractivity contribution in [3.63, 3.8) is 0 Å². The van der Waals surface area contributed by atoms with Gasteiger partial charge in [0.1, 0.15) is 17.3 Å². The zero-order valence-corrected chi connectivity index (χ0v) is 13.2. The predicted octanol–water partition coefficient (Wildman–Crippen LogP) is 3.80. The number of benzene rings is 2. The van der Waals surface area contributed by atoms with Crippen LogP contribution in [0.15, 0.2) is 42.5 Å². The Morgan fingerprint density at radius 2 is 1.91 bits per heavy atom. The van der Waals surface area contributed by atoms with Crippen molar-refractivity contribution in [2.24, 2.45) is 0 Å². The molecule has 2 aromatic carbocycles. The molecular formula is C18H18FNO3. The van der Waals surface area contributed by atoms with E-state index in [1.54, 1.807) is 45.4 Å². The third kappa shape index (κ3) is 4.32. The molecule has 2 rings (SSSR count). The van der Waals surface area contributed by atoms with Gasteiger partial charge in [-0.25, -0.2) is 4.39 Å². The Bertz CT molecular complexity index is 741. The average Bonchev–Trinajstić information content (AvgIpc) is 2.55. The largest absolute Gasteiger partial charge is 0.497 e. The standard InChI is InChI=1S/C18H18FNO3/c1-12-10-14(19)6-8-16(12)20-18(21)9-5-13-4-7-15(22-2)11-17(13)23-3/h4-11H,1-3H3,(H,20,21)/b9-5+. The van der Waals surface area contributed by atoms with E-state index < -0.39 is 0 Å². The number of carbonyl (C=O) groups excluding carboxylic acids is 1. The predicted molar refractivity (Wildman–Crippen MR) is 88.3 cm³/mol. The van der Waals surface area contributed by atoms with Crippen molar-refractivity contribution in [1.82, 2.24) is 0 Å². The molecule has 0 atom stereocenters. The number of methoxy groups -OCH3 is 2. The highest BCUT2D eigenvalue weighted by molar-refractivity contribution is 6.02. The average molecular weight is 315 g/mol. The number of anilines is 1. The number of rotatable bonds is 5. The molecule has 1 N–H and O–H groups in total. The molecule has 0 aliphatic carbocycles. The molecule has 2 aromatic rings. The molecule has 1 amide bonds. The minimum absolute atomic E-state index is 0.308. The maximum atomic E-state index is 13.0. The number of ether oxygens (including phenoxy) is 2. The van der Waals surface area contributed by atoms with Gasteiger partial charge < -0.3 is 14.8 Å². The van der Waals surface area contributed by atoms with Crippen LogP contribution >= 0.6 is 0 Å². The van der Waals surface area contributed by atoms with E-state index in [4.69, 9.17) is 9.47 Å². The zero-order chi connectivity index (χ0) is 16.8. The first-order valence-electron chi connectivity index (χ1n) is 7.00. The first-order valence-corrected chi connectivity index (χ1v) is 7.00. The molecule has 0 fully saturated rings. The molecule has 0 aliphatic rings. The molecule has 0 saturated carbocycles. The van der Waals surface area contributed by atoms with Crippen LogP contribution < -0.4 is 14.8 Å². The Balaban J connectivity index is 2.12. The monoisotopic (exact) mass is 315 g/mol. The molecule has 23 heavy (non-hydrogen) atoms. The molecule has 120 valence electrons. The summed E-state index contributed by atoms with van der Waals surface area (Å²) in [5, 5.41) is 2.71. The third-order valence-electron chi connectivity index (χ3n) is 3.30. The molecule has 0 radical (unpaired) electrons. The highest BCUT2D eigenvalue weighted by Gasteiger charge is 2.05. The van der Waals surface area contributed by atoms with Gasteiger partial charge in [-0.05, 0) is 48.9 Å². The van der Waals surface area contributed by atoms with E-state index in [-0.39, 0.29) is 11.7 Å². The fourth-order valence-electron chi connectivity index (χ4n) is 2.06. The van der Waals surface area contributed by atoms with Gasteiger partial charge in [-0.2, -0.15) is 0 Å². The lowest BCUT2D eigenvalue weighted by atomic mass is 10.1. The summed E-state index contributed by atoms with van der Waals surface area (Å²) >= 11 is 0. The summed E-state index contributed by atoms with van der Waals surface area (Å²) in [6, 6.07) is 9.52. The van der Waals surface area contributed by atoms with Gasteiger partial charge in [0.05, 0.1) is 14.2 Å². The van der Waals surface area contributed by atoms with E-state index in [9.17, 15) is 9.18 Å². The fraction of sp³-hybridized carbons (Fsp3) is 0.167. The molecule has 0 aromatic heterocycles. The highest BCUT2D eigenvalue weighted by atomic mass is 19.1. The topological polar surface area (TPSA) is 47.6 Å². The Morgan fingerprint density at radius 3 is 2.57 bits per heavy atom. The quantitative estimate of drug-likeness (QED) is 0.854. The van der Waals surface area contributed by atoms with Crippen molar-refractivity contribution in [3.8, 4) is 11.5 Å². The Kier molecular flexibility index (Phi) is 5.36. The smallest absolute Gasteiger partial charge is 0.248 e. The van der Waals surface area contributed by atoms with Crippen molar-refractivity contribution in [1.29, 1.82) is 0 Å². The number of hydrogen-bond acceptors (Lipinski definition) is 3. The van der Waals surface area contributed by atoms with Gasteiger partial charge in [-0.3, -0.25) is 4.79 Å². The second-order valence-corrected chi connectivity index (χ2v) is 4.89. The number of aryl methyl sites for hydroxylation is 1. The SMILES string of the molecule is COc1ccc(/C=C/C(=O)Nc2ccc(F)cc2C)c(OC)c1. The molecular weight excluding hydrogens is 297 g/mol. The minimum Gasteiger partial charge on any atom is -0.497 e. The van der Waals surface area contributed by atoms with E-state index >= 15 is 0 Å². The summed E-state index contributed by atoms with van der Waals surface area (Å²) in [6.45, 7) is 1.73. The summed E-state index contributed by atoms with van der Waals surface area (Å²) in [5.74, 6) is 0.633. The van der Waals surface area contributed by atoms with Crippen molar-refractivity contribution in [3.05, 3.63) is 59.4 Å². The Labute approximate surface area is 134 Å². The number of halogens is 1. The molecule has 0 unspecified atom stereocenters. The lowest BCUT2D eigenvalue weighted by Crippen LogP contribution is -2.09. The maximum Gasteiger partial charge on any atom is 0.248 e. The van der Waals surface area contributed by atoms with Crippen molar-refractivity contribution in [2.75, 3.05) is 19.5 Å². The molecule has 4 nitrogen and oxygen atoms in total. The summed E-state index contributed by atoms with van der Waals surface area (Å²) in [7, 11) is 3.12. The van der Waals surface area contributed by atoms with Crippen LogP contribution in [-0.4, -0.2) is 20.1 Å². The van der Waals surface area contributed by atoms with Crippen LogP contribution in [0.5, 0.6) is 11.5 Å². The summed E-state index contributed by atoms with van der Waals surface area (Å²) in [5.41, 5.74) is 1.98. The third-order valence-corrected chi connectivity index (χ3v) is 3.30. The lowest BCUT2D eigenvalue weighted by molar-refractivity contribution is -0.111. The van der Waals surface area contributed by atoms with Gasteiger partial charge in [-0.15, -0.1) is 0 Å². The number of carbonyl (C=O) groups is 1. The normalized spacial score (nSPS) is 10.6. The van der Waals surface area contributed by atoms with E-state index in [0.717, 1.165) is 5.56 Å². The van der Waals surface area contributed by atoms with Crippen LogP contribution in [0.2, 0.25) is 0 Å². The number of nitrogens with one attached hydrogen (secondary N) is 1. The number of hydrogen-bond donors (Lipinski definition) is 1. The number of amides is 1. The van der Waals surface area contributed by atoms with Crippen LogP contribution in [0.4, 0.5) is 10.1 Å². The summed E-state index contributed by atoms with van der Waals surface area (Å²) in [4.78, 5) is 12.0. The van der Waals surface area contributed by atoms with Gasteiger partial charge in [0, 0.05) is 23.4 Å². The fourth-order valence-corrected chi connectivity index (χ4v) is 2.06. The van der Waals surface area contributed by atoms with Crippen LogP contribution in [0.1, 0.15) is 11.1 Å². The van der Waals surface area contributed by atoms with Gasteiger partial charge in [0.15, 0.2) is 0 Å². The molecule has 5 heteroatoms. The van der Waals surface area contributed by atoms with E-state index in [2.05, 4.69) is 5.32 Å².